The molecule has 1 unspecified atom stereocenters. The topological polar surface area (TPSA) is 141 Å². The van der Waals surface area contributed by atoms with Crippen molar-refractivity contribution in [3.8, 4) is 0 Å². The lowest BCUT2D eigenvalue weighted by atomic mass is 10.1. The van der Waals surface area contributed by atoms with Crippen LogP contribution < -0.4 is 11.4 Å². The summed E-state index contributed by atoms with van der Waals surface area (Å²) in [5.41, 5.74) is 5.69. The van der Waals surface area contributed by atoms with E-state index in [0.717, 1.165) is 12.8 Å². The Bertz CT molecular complexity index is 1330. The van der Waals surface area contributed by atoms with Crippen LogP contribution in [0.5, 0.6) is 0 Å². The summed E-state index contributed by atoms with van der Waals surface area (Å²) in [6.45, 7) is 0.248. The highest BCUT2D eigenvalue weighted by Gasteiger charge is 2.51. The molecule has 0 aliphatic carbocycles. The molecule has 2 aliphatic heterocycles. The normalized spacial score (nSPS) is 24.7. The van der Waals surface area contributed by atoms with Crippen molar-refractivity contribution in [3.05, 3.63) is 94.5 Å². The third kappa shape index (κ3) is 6.33. The molecular formula is C28H29N3O8. The van der Waals surface area contributed by atoms with Crippen LogP contribution in [0.25, 0.3) is 0 Å². The molecule has 2 N–H and O–H groups in total. The number of rotatable bonds is 8. The second kappa shape index (κ2) is 12.2. The van der Waals surface area contributed by atoms with E-state index in [1.165, 1.54) is 16.8 Å². The van der Waals surface area contributed by atoms with Gasteiger partial charge in [-0.3, -0.25) is 4.57 Å². The van der Waals surface area contributed by atoms with E-state index >= 15 is 0 Å². The zero-order chi connectivity index (χ0) is 27.2. The van der Waals surface area contributed by atoms with Crippen molar-refractivity contribution in [2.24, 2.45) is 0 Å². The number of nitrogens with zero attached hydrogens (tertiary/aromatic N) is 2. The minimum atomic E-state index is -1.06. The molecule has 2 fully saturated rings. The lowest BCUT2D eigenvalue weighted by Gasteiger charge is -2.30. The molecule has 5 rings (SSSR count). The van der Waals surface area contributed by atoms with Crippen LogP contribution >= 0.6 is 0 Å². The number of hydrogen-bond acceptors (Lipinski definition) is 10. The van der Waals surface area contributed by atoms with Crippen LogP contribution in [0.3, 0.4) is 0 Å². The predicted molar refractivity (Wildman–Crippen MR) is 138 cm³/mol. The first-order chi connectivity index (χ1) is 19.0. The number of hydrogen-bond donors (Lipinski definition) is 1. The minimum Gasteiger partial charge on any atom is -0.459 e. The summed E-state index contributed by atoms with van der Waals surface area (Å²) in [6, 6.07) is 18.4. The van der Waals surface area contributed by atoms with Crippen LogP contribution in [0.1, 0.15) is 46.2 Å². The van der Waals surface area contributed by atoms with E-state index in [2.05, 4.69) is 4.98 Å². The fourth-order valence-electron chi connectivity index (χ4n) is 4.55. The fraction of sp³-hybridized carbons (Fsp3) is 0.357. The molecule has 0 radical (unpaired) electrons. The second-order valence-electron chi connectivity index (χ2n) is 9.20. The molecule has 11 heteroatoms. The van der Waals surface area contributed by atoms with E-state index in [1.807, 2.05) is 0 Å². The average Bonchev–Trinajstić information content (AvgIpc) is 3.29. The van der Waals surface area contributed by atoms with Crippen LogP contribution in [0.4, 0.5) is 5.82 Å². The smallest absolute Gasteiger partial charge is 0.351 e. The van der Waals surface area contributed by atoms with Gasteiger partial charge in [-0.1, -0.05) is 36.4 Å². The van der Waals surface area contributed by atoms with E-state index in [0.29, 0.717) is 24.2 Å². The van der Waals surface area contributed by atoms with Crippen molar-refractivity contribution < 1.29 is 33.3 Å². The minimum absolute atomic E-state index is 0.0442. The van der Waals surface area contributed by atoms with Gasteiger partial charge in [-0.05, 0) is 49.6 Å². The van der Waals surface area contributed by atoms with Gasteiger partial charge in [0.25, 0.3) is 0 Å². The fourth-order valence-corrected chi connectivity index (χ4v) is 4.55. The first kappa shape index (κ1) is 26.5. The van der Waals surface area contributed by atoms with Crippen molar-refractivity contribution in [1.29, 1.82) is 0 Å². The van der Waals surface area contributed by atoms with Gasteiger partial charge in [0.05, 0.1) is 11.1 Å². The van der Waals surface area contributed by atoms with E-state index in [9.17, 15) is 14.4 Å². The van der Waals surface area contributed by atoms with E-state index in [-0.39, 0.29) is 12.4 Å². The Morgan fingerprint density at radius 1 is 0.949 bits per heavy atom. The number of carbonyl (C=O) groups excluding carboxylic acids is 2. The van der Waals surface area contributed by atoms with Gasteiger partial charge in [-0.25, -0.2) is 14.4 Å². The SMILES string of the molecule is Nc1ccn([C@@H]2O[C@H](COC(=O)c3ccccc3)[C@@H](OC(=O)c3ccccc3)[C@H]2OC2CCCCO2)c(=O)n1. The van der Waals surface area contributed by atoms with Gasteiger partial charge >= 0.3 is 17.6 Å². The number of esters is 2. The monoisotopic (exact) mass is 535 g/mol. The quantitative estimate of drug-likeness (QED) is 0.428. The largest absolute Gasteiger partial charge is 0.459 e. The van der Waals surface area contributed by atoms with Crippen molar-refractivity contribution in [3.63, 3.8) is 0 Å². The molecule has 0 amide bonds. The van der Waals surface area contributed by atoms with Crippen molar-refractivity contribution in [2.75, 3.05) is 18.9 Å². The Morgan fingerprint density at radius 3 is 2.28 bits per heavy atom. The van der Waals surface area contributed by atoms with E-state index in [4.69, 9.17) is 29.4 Å². The van der Waals surface area contributed by atoms with Crippen LogP contribution in [-0.2, 0) is 23.7 Å². The second-order valence-corrected chi connectivity index (χ2v) is 9.20. The molecule has 0 saturated carbocycles. The lowest BCUT2D eigenvalue weighted by Crippen LogP contribution is -2.44. The molecule has 11 nitrogen and oxygen atoms in total. The Morgan fingerprint density at radius 2 is 1.64 bits per heavy atom. The standard InChI is InChI=1S/C28H29N3O8/c29-21-14-15-31(28(34)30-21)25-24(38-22-13-7-8-16-35-22)23(39-27(33)19-11-5-2-6-12-19)20(37-25)17-36-26(32)18-9-3-1-4-10-18/h1-6,9-12,14-15,20,22-25H,7-8,13,16-17H2,(H2,29,30,34)/t20-,22?,23-,24-,25-/m1/s1. The third-order valence-electron chi connectivity index (χ3n) is 6.50. The highest BCUT2D eigenvalue weighted by atomic mass is 16.7. The molecule has 0 spiro atoms. The molecular weight excluding hydrogens is 506 g/mol. The Hall–Kier alpha value is -4.06. The van der Waals surface area contributed by atoms with Gasteiger partial charge < -0.3 is 29.4 Å². The van der Waals surface area contributed by atoms with Gasteiger partial charge in [0.15, 0.2) is 18.6 Å². The highest BCUT2D eigenvalue weighted by molar-refractivity contribution is 5.90. The first-order valence-electron chi connectivity index (χ1n) is 12.7. The first-order valence-corrected chi connectivity index (χ1v) is 12.7. The van der Waals surface area contributed by atoms with Gasteiger partial charge in [-0.2, -0.15) is 4.98 Å². The number of ether oxygens (including phenoxy) is 5. The Labute approximate surface area is 224 Å². The number of nitrogens with two attached hydrogens (primary N) is 1. The summed E-state index contributed by atoms with van der Waals surface area (Å²) in [7, 11) is 0. The summed E-state index contributed by atoms with van der Waals surface area (Å²) < 4.78 is 30.9. The van der Waals surface area contributed by atoms with Crippen molar-refractivity contribution in [1.82, 2.24) is 9.55 Å². The van der Waals surface area contributed by atoms with Crippen LogP contribution in [-0.4, -0.2) is 59.3 Å². The van der Waals surface area contributed by atoms with Gasteiger partial charge in [0.2, 0.25) is 0 Å². The molecule has 204 valence electrons. The molecule has 0 bridgehead atoms. The van der Waals surface area contributed by atoms with Crippen LogP contribution in [0.2, 0.25) is 0 Å². The maximum Gasteiger partial charge on any atom is 0.351 e. The number of carbonyl (C=O) groups is 2. The summed E-state index contributed by atoms with van der Waals surface area (Å²) >= 11 is 0. The Balaban J connectivity index is 1.45. The predicted octanol–water partition coefficient (Wildman–Crippen LogP) is 2.72. The Kier molecular flexibility index (Phi) is 8.30. The van der Waals surface area contributed by atoms with E-state index < -0.39 is 48.5 Å². The van der Waals surface area contributed by atoms with Gasteiger partial charge in [-0.15, -0.1) is 0 Å². The molecule has 5 atom stereocenters. The molecule has 2 aliphatic rings. The van der Waals surface area contributed by atoms with E-state index in [1.54, 1.807) is 60.7 Å². The third-order valence-corrected chi connectivity index (χ3v) is 6.50. The maximum atomic E-state index is 13.1. The van der Waals surface area contributed by atoms with Crippen LogP contribution in [0.15, 0.2) is 77.7 Å². The average molecular weight is 536 g/mol. The summed E-state index contributed by atoms with van der Waals surface area (Å²) in [5.74, 6) is -1.15. The zero-order valence-electron chi connectivity index (χ0n) is 21.1. The zero-order valence-corrected chi connectivity index (χ0v) is 21.1. The molecule has 3 aromatic rings. The maximum absolute atomic E-state index is 13.1. The lowest BCUT2D eigenvalue weighted by molar-refractivity contribution is -0.215. The number of anilines is 1. The number of benzene rings is 2. The molecule has 2 saturated heterocycles. The van der Waals surface area contributed by atoms with Gasteiger partial charge in [0, 0.05) is 12.8 Å². The summed E-state index contributed by atoms with van der Waals surface area (Å²) in [6.07, 6.45) is -0.831. The molecule has 3 heterocycles. The summed E-state index contributed by atoms with van der Waals surface area (Å²) in [5, 5.41) is 0. The highest BCUT2D eigenvalue weighted by Crippen LogP contribution is 2.36. The van der Waals surface area contributed by atoms with Gasteiger partial charge in [0.1, 0.15) is 24.6 Å². The van der Waals surface area contributed by atoms with Crippen LogP contribution in [0, 0.1) is 0 Å². The molecule has 2 aromatic carbocycles. The van der Waals surface area contributed by atoms with Crippen molar-refractivity contribution >= 4 is 17.8 Å². The van der Waals surface area contributed by atoms with Crippen molar-refractivity contribution in [2.45, 2.75) is 50.1 Å². The number of aromatic nitrogens is 2. The molecule has 39 heavy (non-hydrogen) atoms. The summed E-state index contributed by atoms with van der Waals surface area (Å²) in [4.78, 5) is 42.4. The molecule has 1 aromatic heterocycles. The number of nitrogen functional groups attached to an aromatic ring is 1.